The number of hydrogen-bond acceptors (Lipinski definition) is 3. The number of hydrogen-bond donors (Lipinski definition) is 1. The quantitative estimate of drug-likeness (QED) is 0.758. The van der Waals surface area contributed by atoms with Gasteiger partial charge < -0.3 is 10.5 Å². The van der Waals surface area contributed by atoms with Crippen LogP contribution in [0.25, 0.3) is 0 Å². The molecule has 2 saturated heterocycles. The van der Waals surface area contributed by atoms with Gasteiger partial charge >= 0.3 is 0 Å². The fourth-order valence-electron chi connectivity index (χ4n) is 3.14. The maximum Gasteiger partial charge on any atom is 0.0707 e. The lowest BCUT2D eigenvalue weighted by molar-refractivity contribution is -0.0410. The maximum atomic E-state index is 6.25. The molecule has 1 aliphatic carbocycles. The Balaban J connectivity index is 1.47. The molecule has 3 heteroatoms. The third kappa shape index (κ3) is 2.05. The average Bonchev–Trinajstić information content (AvgIpc) is 2.52. The minimum absolute atomic E-state index is 0.192. The highest BCUT2D eigenvalue weighted by Gasteiger charge is 2.36. The van der Waals surface area contributed by atoms with Gasteiger partial charge in [-0.1, -0.05) is 0 Å². The summed E-state index contributed by atoms with van der Waals surface area (Å²) in [5, 5.41) is 0. The third-order valence-corrected chi connectivity index (χ3v) is 4.39. The number of rotatable bonds is 3. The normalized spacial score (nSPS) is 39.0. The van der Waals surface area contributed by atoms with Crippen LogP contribution in [0.15, 0.2) is 0 Å². The molecule has 0 aromatic rings. The molecule has 15 heavy (non-hydrogen) atoms. The van der Waals surface area contributed by atoms with E-state index in [1.807, 2.05) is 0 Å². The molecular formula is C12H22N2O. The van der Waals surface area contributed by atoms with E-state index in [0.29, 0.717) is 12.2 Å². The SMILES string of the molecule is NC1(CCN2CC3CCC(C2)O3)CCC1. The summed E-state index contributed by atoms with van der Waals surface area (Å²) < 4.78 is 5.83. The van der Waals surface area contributed by atoms with E-state index < -0.39 is 0 Å². The Hall–Kier alpha value is -0.120. The number of nitrogens with two attached hydrogens (primary N) is 1. The van der Waals surface area contributed by atoms with Crippen LogP contribution in [0, 0.1) is 0 Å². The molecule has 0 radical (unpaired) electrons. The highest BCUT2D eigenvalue weighted by Crippen LogP contribution is 2.33. The Labute approximate surface area is 91.9 Å². The summed E-state index contributed by atoms with van der Waals surface area (Å²) in [7, 11) is 0. The first-order valence-corrected chi connectivity index (χ1v) is 6.40. The van der Waals surface area contributed by atoms with E-state index in [1.54, 1.807) is 0 Å². The summed E-state index contributed by atoms with van der Waals surface area (Å²) in [5.41, 5.74) is 6.44. The van der Waals surface area contributed by atoms with Crippen molar-refractivity contribution in [1.82, 2.24) is 4.90 Å². The Morgan fingerprint density at radius 3 is 2.40 bits per heavy atom. The van der Waals surface area contributed by atoms with Gasteiger partial charge in [0.15, 0.2) is 0 Å². The largest absolute Gasteiger partial charge is 0.372 e. The molecule has 2 unspecified atom stereocenters. The van der Waals surface area contributed by atoms with Gasteiger partial charge in [0.25, 0.3) is 0 Å². The molecule has 3 rings (SSSR count). The molecule has 3 aliphatic rings. The number of likely N-dealkylation sites (tertiary alicyclic amines) is 1. The van der Waals surface area contributed by atoms with Gasteiger partial charge in [0, 0.05) is 25.2 Å². The molecule has 2 aliphatic heterocycles. The molecule has 0 amide bonds. The summed E-state index contributed by atoms with van der Waals surface area (Å²) in [6.45, 7) is 3.48. The van der Waals surface area contributed by atoms with E-state index in [2.05, 4.69) is 4.90 Å². The van der Waals surface area contributed by atoms with Crippen molar-refractivity contribution in [2.45, 2.75) is 56.3 Å². The van der Waals surface area contributed by atoms with Crippen LogP contribution in [-0.4, -0.2) is 42.3 Å². The second-order valence-corrected chi connectivity index (χ2v) is 5.68. The zero-order valence-electron chi connectivity index (χ0n) is 9.45. The fourth-order valence-corrected chi connectivity index (χ4v) is 3.14. The van der Waals surface area contributed by atoms with Gasteiger partial charge in [-0.05, 0) is 38.5 Å². The van der Waals surface area contributed by atoms with Gasteiger partial charge in [-0.3, -0.25) is 4.90 Å². The van der Waals surface area contributed by atoms with Crippen molar-refractivity contribution in [3.63, 3.8) is 0 Å². The highest BCUT2D eigenvalue weighted by molar-refractivity contribution is 4.94. The van der Waals surface area contributed by atoms with Crippen molar-refractivity contribution in [3.8, 4) is 0 Å². The summed E-state index contributed by atoms with van der Waals surface area (Å²) in [5.74, 6) is 0. The molecule has 3 fully saturated rings. The molecule has 3 nitrogen and oxygen atoms in total. The molecule has 0 spiro atoms. The maximum absolute atomic E-state index is 6.25. The van der Waals surface area contributed by atoms with Gasteiger partial charge in [-0.15, -0.1) is 0 Å². The molecule has 2 bridgehead atoms. The lowest BCUT2D eigenvalue weighted by atomic mass is 9.75. The number of fused-ring (bicyclic) bond motifs is 2. The summed E-state index contributed by atoms with van der Waals surface area (Å²) in [4.78, 5) is 2.57. The zero-order chi connectivity index (χ0) is 10.3. The van der Waals surface area contributed by atoms with E-state index in [4.69, 9.17) is 10.5 Å². The fraction of sp³-hybridized carbons (Fsp3) is 1.00. The second kappa shape index (κ2) is 3.72. The molecule has 86 valence electrons. The molecular weight excluding hydrogens is 188 g/mol. The van der Waals surface area contributed by atoms with Crippen LogP contribution in [0.3, 0.4) is 0 Å². The summed E-state index contributed by atoms with van der Waals surface area (Å²) >= 11 is 0. The molecule has 2 N–H and O–H groups in total. The lowest BCUT2D eigenvalue weighted by Gasteiger charge is -2.41. The molecule has 1 saturated carbocycles. The van der Waals surface area contributed by atoms with Crippen molar-refractivity contribution < 1.29 is 4.74 Å². The minimum Gasteiger partial charge on any atom is -0.372 e. The van der Waals surface area contributed by atoms with Crippen LogP contribution in [0.5, 0.6) is 0 Å². The van der Waals surface area contributed by atoms with E-state index in [-0.39, 0.29) is 5.54 Å². The monoisotopic (exact) mass is 210 g/mol. The predicted octanol–water partition coefficient (Wildman–Crippen LogP) is 1.12. The van der Waals surface area contributed by atoms with E-state index in [0.717, 1.165) is 13.1 Å². The van der Waals surface area contributed by atoms with Crippen LogP contribution in [0.4, 0.5) is 0 Å². The first-order chi connectivity index (χ1) is 7.23. The predicted molar refractivity (Wildman–Crippen MR) is 59.7 cm³/mol. The number of nitrogens with zero attached hydrogens (tertiary/aromatic N) is 1. The van der Waals surface area contributed by atoms with Crippen LogP contribution < -0.4 is 5.73 Å². The van der Waals surface area contributed by atoms with Gasteiger partial charge in [0.2, 0.25) is 0 Å². The average molecular weight is 210 g/mol. The number of ether oxygens (including phenoxy) is 1. The Morgan fingerprint density at radius 1 is 1.20 bits per heavy atom. The first-order valence-electron chi connectivity index (χ1n) is 6.40. The number of morpholine rings is 1. The van der Waals surface area contributed by atoms with E-state index in [9.17, 15) is 0 Å². The van der Waals surface area contributed by atoms with Crippen molar-refractivity contribution >= 4 is 0 Å². The Morgan fingerprint density at radius 2 is 1.87 bits per heavy atom. The topological polar surface area (TPSA) is 38.5 Å². The minimum atomic E-state index is 0.192. The van der Waals surface area contributed by atoms with Crippen molar-refractivity contribution in [2.75, 3.05) is 19.6 Å². The molecule has 2 atom stereocenters. The Bertz CT molecular complexity index is 228. The first kappa shape index (κ1) is 10.1. The molecule has 2 heterocycles. The van der Waals surface area contributed by atoms with Crippen LogP contribution in [-0.2, 0) is 4.74 Å². The highest BCUT2D eigenvalue weighted by atomic mass is 16.5. The summed E-state index contributed by atoms with van der Waals surface area (Å²) in [6.07, 6.45) is 8.60. The van der Waals surface area contributed by atoms with Crippen LogP contribution >= 0.6 is 0 Å². The van der Waals surface area contributed by atoms with E-state index in [1.165, 1.54) is 45.1 Å². The second-order valence-electron chi connectivity index (χ2n) is 5.68. The van der Waals surface area contributed by atoms with Crippen molar-refractivity contribution in [3.05, 3.63) is 0 Å². The van der Waals surface area contributed by atoms with Gasteiger partial charge in [0.1, 0.15) is 0 Å². The van der Waals surface area contributed by atoms with Gasteiger partial charge in [-0.25, -0.2) is 0 Å². The lowest BCUT2D eigenvalue weighted by Crippen LogP contribution is -2.51. The van der Waals surface area contributed by atoms with Gasteiger partial charge in [-0.2, -0.15) is 0 Å². The zero-order valence-corrected chi connectivity index (χ0v) is 9.45. The van der Waals surface area contributed by atoms with Crippen LogP contribution in [0.1, 0.15) is 38.5 Å². The smallest absolute Gasteiger partial charge is 0.0707 e. The van der Waals surface area contributed by atoms with E-state index >= 15 is 0 Å². The third-order valence-electron chi connectivity index (χ3n) is 4.39. The van der Waals surface area contributed by atoms with Gasteiger partial charge in [0.05, 0.1) is 12.2 Å². The van der Waals surface area contributed by atoms with Crippen molar-refractivity contribution in [2.24, 2.45) is 5.73 Å². The summed E-state index contributed by atoms with van der Waals surface area (Å²) in [6, 6.07) is 0. The standard InChI is InChI=1S/C12H22N2O/c13-12(4-1-5-12)6-7-14-8-10-2-3-11(9-14)15-10/h10-11H,1-9,13H2. The van der Waals surface area contributed by atoms with Crippen molar-refractivity contribution in [1.29, 1.82) is 0 Å². The molecule has 0 aromatic carbocycles. The Kier molecular flexibility index (Phi) is 2.49. The van der Waals surface area contributed by atoms with Crippen LogP contribution in [0.2, 0.25) is 0 Å². The molecule has 0 aromatic heterocycles.